The minimum Gasteiger partial charge on any atom is -0.492 e. The predicted molar refractivity (Wildman–Crippen MR) is 119 cm³/mol. The normalized spacial score (nSPS) is 16.1. The Bertz CT molecular complexity index is 818. The van der Waals surface area contributed by atoms with Crippen LogP contribution in [0.1, 0.15) is 37.0 Å². The first-order chi connectivity index (χ1) is 14.2. The SMILES string of the molecule is COC(=O)CC1C(=O)NCCN1C(=S)NC(=O)c1ccc(OCCC(C)C)c(Br)c1. The van der Waals surface area contributed by atoms with Crippen LogP contribution in [0.5, 0.6) is 5.75 Å². The van der Waals surface area contributed by atoms with Crippen LogP contribution in [0.3, 0.4) is 0 Å². The number of hydrogen-bond acceptors (Lipinski definition) is 6. The molecule has 1 unspecified atom stereocenters. The third-order valence-corrected chi connectivity index (χ3v) is 5.50. The number of halogens is 1. The van der Waals surface area contributed by atoms with Gasteiger partial charge in [-0.1, -0.05) is 13.8 Å². The minimum absolute atomic E-state index is 0.0807. The number of rotatable bonds is 7. The number of esters is 1. The van der Waals surface area contributed by atoms with Crippen molar-refractivity contribution in [3.63, 3.8) is 0 Å². The first kappa shape index (κ1) is 24.1. The molecule has 1 aliphatic heterocycles. The van der Waals surface area contributed by atoms with Crippen LogP contribution < -0.4 is 15.4 Å². The molecule has 2 amide bonds. The van der Waals surface area contributed by atoms with Crippen molar-refractivity contribution in [2.24, 2.45) is 5.92 Å². The Morgan fingerprint density at radius 3 is 2.77 bits per heavy atom. The summed E-state index contributed by atoms with van der Waals surface area (Å²) < 4.78 is 11.0. The molecular weight excluding hydrogens is 474 g/mol. The van der Waals surface area contributed by atoms with E-state index in [1.165, 1.54) is 12.0 Å². The van der Waals surface area contributed by atoms with Crippen LogP contribution in [0.15, 0.2) is 22.7 Å². The molecule has 1 aromatic carbocycles. The molecule has 30 heavy (non-hydrogen) atoms. The second-order valence-electron chi connectivity index (χ2n) is 7.22. The van der Waals surface area contributed by atoms with E-state index in [0.717, 1.165) is 6.42 Å². The van der Waals surface area contributed by atoms with Gasteiger partial charge in [0.25, 0.3) is 5.91 Å². The first-order valence-corrected chi connectivity index (χ1v) is 10.8. The van der Waals surface area contributed by atoms with Crippen LogP contribution in [0.2, 0.25) is 0 Å². The number of carbonyl (C=O) groups is 3. The molecule has 0 bridgehead atoms. The van der Waals surface area contributed by atoms with E-state index in [9.17, 15) is 14.4 Å². The third-order valence-electron chi connectivity index (χ3n) is 4.55. The fourth-order valence-corrected chi connectivity index (χ4v) is 3.61. The highest BCUT2D eigenvalue weighted by Crippen LogP contribution is 2.26. The van der Waals surface area contributed by atoms with Gasteiger partial charge in [0.15, 0.2) is 5.11 Å². The topological polar surface area (TPSA) is 97.0 Å². The molecule has 0 aliphatic carbocycles. The van der Waals surface area contributed by atoms with Crippen LogP contribution in [0.4, 0.5) is 0 Å². The summed E-state index contributed by atoms with van der Waals surface area (Å²) in [5.74, 6) is -0.102. The second-order valence-corrected chi connectivity index (χ2v) is 8.46. The lowest BCUT2D eigenvalue weighted by molar-refractivity contribution is -0.144. The van der Waals surface area contributed by atoms with Gasteiger partial charge in [0.2, 0.25) is 5.91 Å². The van der Waals surface area contributed by atoms with Gasteiger partial charge < -0.3 is 19.7 Å². The van der Waals surface area contributed by atoms with E-state index in [0.29, 0.717) is 41.4 Å². The van der Waals surface area contributed by atoms with Crippen LogP contribution in [-0.4, -0.2) is 60.6 Å². The van der Waals surface area contributed by atoms with E-state index < -0.39 is 17.9 Å². The first-order valence-electron chi connectivity index (χ1n) is 9.61. The fraction of sp³-hybridized carbons (Fsp3) is 0.500. The van der Waals surface area contributed by atoms with Gasteiger partial charge in [-0.15, -0.1) is 0 Å². The molecule has 1 atom stereocenters. The van der Waals surface area contributed by atoms with Crippen LogP contribution >= 0.6 is 28.1 Å². The lowest BCUT2D eigenvalue weighted by Crippen LogP contribution is -2.60. The van der Waals surface area contributed by atoms with E-state index >= 15 is 0 Å². The molecule has 10 heteroatoms. The maximum atomic E-state index is 12.7. The summed E-state index contributed by atoms with van der Waals surface area (Å²) >= 11 is 8.76. The third kappa shape index (κ3) is 6.66. The summed E-state index contributed by atoms with van der Waals surface area (Å²) in [5.41, 5.74) is 0.381. The molecule has 1 aliphatic rings. The van der Waals surface area contributed by atoms with Gasteiger partial charge in [0.05, 0.1) is 24.6 Å². The lowest BCUT2D eigenvalue weighted by Gasteiger charge is -2.36. The summed E-state index contributed by atoms with van der Waals surface area (Å²) in [6.45, 7) is 5.57. The maximum Gasteiger partial charge on any atom is 0.308 e. The van der Waals surface area contributed by atoms with Crippen molar-refractivity contribution in [2.75, 3.05) is 26.8 Å². The quantitative estimate of drug-likeness (QED) is 0.438. The van der Waals surface area contributed by atoms with Gasteiger partial charge in [0, 0.05) is 18.7 Å². The van der Waals surface area contributed by atoms with Crippen LogP contribution in [0.25, 0.3) is 0 Å². The minimum atomic E-state index is -0.831. The molecule has 1 fully saturated rings. The molecule has 0 saturated carbocycles. The number of carbonyl (C=O) groups excluding carboxylic acids is 3. The highest BCUT2D eigenvalue weighted by molar-refractivity contribution is 9.10. The molecule has 0 spiro atoms. The molecule has 164 valence electrons. The smallest absolute Gasteiger partial charge is 0.308 e. The van der Waals surface area contributed by atoms with Crippen molar-refractivity contribution in [3.05, 3.63) is 28.2 Å². The molecule has 1 aromatic rings. The fourth-order valence-electron chi connectivity index (χ4n) is 2.81. The lowest BCUT2D eigenvalue weighted by atomic mass is 10.1. The van der Waals surface area contributed by atoms with E-state index in [-0.39, 0.29) is 17.4 Å². The van der Waals surface area contributed by atoms with Crippen LogP contribution in [-0.2, 0) is 14.3 Å². The van der Waals surface area contributed by atoms with E-state index in [2.05, 4.69) is 45.1 Å². The zero-order chi connectivity index (χ0) is 22.3. The number of ether oxygens (including phenoxy) is 2. The molecule has 0 radical (unpaired) electrons. The zero-order valence-corrected chi connectivity index (χ0v) is 19.6. The highest BCUT2D eigenvalue weighted by atomic mass is 79.9. The Morgan fingerprint density at radius 1 is 1.40 bits per heavy atom. The average Bonchev–Trinajstić information content (AvgIpc) is 2.70. The summed E-state index contributed by atoms with van der Waals surface area (Å²) in [6, 6.07) is 4.18. The number of thiocarbonyl (C=S) groups is 1. The van der Waals surface area contributed by atoms with E-state index in [1.54, 1.807) is 18.2 Å². The summed E-state index contributed by atoms with van der Waals surface area (Å²) in [6.07, 6.45) is 0.769. The van der Waals surface area contributed by atoms with Crippen molar-refractivity contribution < 1.29 is 23.9 Å². The number of hydrogen-bond donors (Lipinski definition) is 2. The number of amides is 2. The Labute approximate surface area is 189 Å². The van der Waals surface area contributed by atoms with Gasteiger partial charge in [-0.2, -0.15) is 0 Å². The Balaban J connectivity index is 2.03. The van der Waals surface area contributed by atoms with Crippen molar-refractivity contribution in [3.8, 4) is 5.75 Å². The van der Waals surface area contributed by atoms with Gasteiger partial charge >= 0.3 is 5.97 Å². The molecule has 0 aromatic heterocycles. The van der Waals surface area contributed by atoms with Crippen molar-refractivity contribution in [1.29, 1.82) is 0 Å². The molecule has 8 nitrogen and oxygen atoms in total. The van der Waals surface area contributed by atoms with Gasteiger partial charge in [-0.05, 0) is 58.7 Å². The largest absolute Gasteiger partial charge is 0.492 e. The maximum absolute atomic E-state index is 12.7. The molecule has 2 rings (SSSR count). The number of methoxy groups -OCH3 is 1. The Kier molecular flexibility index (Phi) is 9.04. The average molecular weight is 500 g/mol. The molecule has 1 heterocycles. The van der Waals surface area contributed by atoms with Crippen molar-refractivity contribution in [2.45, 2.75) is 32.7 Å². The number of piperazine rings is 1. The Morgan fingerprint density at radius 2 is 2.13 bits per heavy atom. The summed E-state index contributed by atoms with van der Waals surface area (Å²) in [5, 5.41) is 5.41. The van der Waals surface area contributed by atoms with Crippen molar-refractivity contribution >= 4 is 51.0 Å². The molecule has 1 saturated heterocycles. The standard InChI is InChI=1S/C20H26BrN3O5S/c1-12(2)6-9-29-16-5-4-13(10-14(16)21)18(26)23-20(30)24-8-7-22-19(27)15(24)11-17(25)28-3/h4-5,10,12,15H,6-9,11H2,1-3H3,(H,22,27)(H,23,26,30). The van der Waals surface area contributed by atoms with E-state index in [1.807, 2.05) is 0 Å². The molecule has 2 N–H and O–H groups in total. The van der Waals surface area contributed by atoms with Gasteiger partial charge in [0.1, 0.15) is 11.8 Å². The van der Waals surface area contributed by atoms with Crippen molar-refractivity contribution in [1.82, 2.24) is 15.5 Å². The van der Waals surface area contributed by atoms with Crippen LogP contribution in [0, 0.1) is 5.92 Å². The number of nitrogens with one attached hydrogen (secondary N) is 2. The highest BCUT2D eigenvalue weighted by Gasteiger charge is 2.34. The molecular formula is C20H26BrN3O5S. The summed E-state index contributed by atoms with van der Waals surface area (Å²) in [7, 11) is 1.25. The second kappa shape index (κ2) is 11.3. The summed E-state index contributed by atoms with van der Waals surface area (Å²) in [4.78, 5) is 38.0. The monoisotopic (exact) mass is 499 g/mol. The predicted octanol–water partition coefficient (Wildman–Crippen LogP) is 2.25. The Hall–Kier alpha value is -2.20. The van der Waals surface area contributed by atoms with Gasteiger partial charge in [-0.3, -0.25) is 19.7 Å². The van der Waals surface area contributed by atoms with Gasteiger partial charge in [-0.25, -0.2) is 0 Å². The number of benzene rings is 1. The zero-order valence-electron chi connectivity index (χ0n) is 17.2. The number of nitrogens with zero attached hydrogens (tertiary/aromatic N) is 1. The van der Waals surface area contributed by atoms with E-state index in [4.69, 9.17) is 17.0 Å².